The molecule has 2 aliphatic heterocycles. The highest BCUT2D eigenvalue weighted by Crippen LogP contribution is 2.34. The number of benzene rings is 1. The molecule has 168 valence electrons. The Morgan fingerprint density at radius 2 is 1.83 bits per heavy atom. The molecule has 2 aliphatic rings. The van der Waals surface area contributed by atoms with Crippen molar-refractivity contribution in [1.82, 2.24) is 10.2 Å². The van der Waals surface area contributed by atoms with Crippen LogP contribution in [0, 0.1) is 0 Å². The Morgan fingerprint density at radius 3 is 2.57 bits per heavy atom. The monoisotopic (exact) mass is 439 g/mol. The predicted molar refractivity (Wildman–Crippen MR) is 117 cm³/mol. The summed E-state index contributed by atoms with van der Waals surface area (Å²) in [5.74, 6) is 1.12. The third-order valence-electron chi connectivity index (χ3n) is 5.40. The van der Waals surface area contributed by atoms with Crippen LogP contribution in [-0.4, -0.2) is 71.4 Å². The van der Waals surface area contributed by atoms with E-state index in [1.807, 2.05) is 0 Å². The lowest BCUT2D eigenvalue weighted by Crippen LogP contribution is -2.34. The fourth-order valence-electron chi connectivity index (χ4n) is 3.86. The molecule has 30 heavy (non-hydrogen) atoms. The third-order valence-corrected chi connectivity index (χ3v) is 6.60. The Labute approximate surface area is 179 Å². The SMILES string of the molecule is CS(=O)(=O)N(CCCC(=O)NCCCN1CCCCC1)c1ccc2c(c1)OCCO2. The summed E-state index contributed by atoms with van der Waals surface area (Å²) in [7, 11) is -3.48. The Bertz CT molecular complexity index is 809. The second-order valence-corrected chi connectivity index (χ2v) is 9.78. The second kappa shape index (κ2) is 10.9. The average Bonchev–Trinajstić information content (AvgIpc) is 2.74. The van der Waals surface area contributed by atoms with Gasteiger partial charge in [-0.05, 0) is 57.5 Å². The Balaban J connectivity index is 1.43. The first-order valence-corrected chi connectivity index (χ1v) is 12.6. The molecule has 1 aromatic rings. The molecule has 3 rings (SSSR count). The fraction of sp³-hybridized carbons (Fsp3) is 0.667. The van der Waals surface area contributed by atoms with Crippen molar-refractivity contribution in [2.75, 3.05) is 56.5 Å². The number of fused-ring (bicyclic) bond motifs is 1. The molecule has 0 atom stereocenters. The van der Waals surface area contributed by atoms with E-state index in [-0.39, 0.29) is 12.5 Å². The summed E-state index contributed by atoms with van der Waals surface area (Å²) in [4.78, 5) is 14.6. The van der Waals surface area contributed by atoms with Crippen molar-refractivity contribution in [1.29, 1.82) is 0 Å². The van der Waals surface area contributed by atoms with Gasteiger partial charge in [-0.2, -0.15) is 0 Å². The first-order chi connectivity index (χ1) is 14.4. The van der Waals surface area contributed by atoms with Gasteiger partial charge in [0.1, 0.15) is 13.2 Å². The zero-order valence-electron chi connectivity index (χ0n) is 17.8. The zero-order chi connectivity index (χ0) is 21.4. The van der Waals surface area contributed by atoms with E-state index in [1.54, 1.807) is 18.2 Å². The summed E-state index contributed by atoms with van der Waals surface area (Å²) in [6, 6.07) is 5.10. The van der Waals surface area contributed by atoms with Crippen LogP contribution in [0.3, 0.4) is 0 Å². The van der Waals surface area contributed by atoms with Gasteiger partial charge in [0.05, 0.1) is 11.9 Å². The van der Waals surface area contributed by atoms with Gasteiger partial charge in [0.2, 0.25) is 15.9 Å². The summed E-state index contributed by atoms with van der Waals surface area (Å²) in [6.07, 6.45) is 6.71. The number of likely N-dealkylation sites (tertiary alicyclic amines) is 1. The van der Waals surface area contributed by atoms with Crippen molar-refractivity contribution in [3.8, 4) is 11.5 Å². The molecule has 2 heterocycles. The highest BCUT2D eigenvalue weighted by Gasteiger charge is 2.21. The zero-order valence-corrected chi connectivity index (χ0v) is 18.6. The minimum absolute atomic E-state index is 0.0377. The van der Waals surface area contributed by atoms with Crippen molar-refractivity contribution >= 4 is 21.6 Å². The lowest BCUT2D eigenvalue weighted by Gasteiger charge is -2.26. The van der Waals surface area contributed by atoms with Crippen molar-refractivity contribution in [2.45, 2.75) is 38.5 Å². The number of ether oxygens (including phenoxy) is 2. The molecule has 0 aliphatic carbocycles. The first kappa shape index (κ1) is 22.7. The maximum atomic E-state index is 12.3. The van der Waals surface area contributed by atoms with Crippen LogP contribution >= 0.6 is 0 Å². The second-order valence-electron chi connectivity index (χ2n) is 7.87. The molecule has 0 aromatic heterocycles. The molecule has 1 aromatic carbocycles. The van der Waals surface area contributed by atoms with Crippen molar-refractivity contribution in [3.63, 3.8) is 0 Å². The number of amides is 1. The summed E-state index contributed by atoms with van der Waals surface area (Å²) >= 11 is 0. The van der Waals surface area contributed by atoms with Gasteiger partial charge < -0.3 is 19.7 Å². The average molecular weight is 440 g/mol. The topological polar surface area (TPSA) is 88.2 Å². The van der Waals surface area contributed by atoms with Crippen molar-refractivity contribution in [2.24, 2.45) is 0 Å². The number of hydrogen-bond donors (Lipinski definition) is 1. The molecule has 1 N–H and O–H groups in total. The molecule has 0 spiro atoms. The first-order valence-electron chi connectivity index (χ1n) is 10.8. The number of carbonyl (C=O) groups is 1. The standard InChI is InChI=1S/C21H33N3O5S/c1-30(26,27)24(18-8-9-19-20(17-18)29-16-15-28-19)14-5-7-21(25)22-10-6-13-23-11-3-2-4-12-23/h8-9,17H,2-7,10-16H2,1H3,(H,22,25). The van der Waals surface area contributed by atoms with Gasteiger partial charge in [-0.25, -0.2) is 8.42 Å². The maximum Gasteiger partial charge on any atom is 0.232 e. The van der Waals surface area contributed by atoms with Crippen LogP contribution in [0.2, 0.25) is 0 Å². The van der Waals surface area contributed by atoms with E-state index in [2.05, 4.69) is 10.2 Å². The van der Waals surface area contributed by atoms with Crippen molar-refractivity contribution in [3.05, 3.63) is 18.2 Å². The van der Waals surface area contributed by atoms with E-state index < -0.39 is 10.0 Å². The third kappa shape index (κ3) is 6.77. The predicted octanol–water partition coefficient (Wildman–Crippen LogP) is 2.00. The minimum Gasteiger partial charge on any atom is -0.486 e. The molecule has 1 amide bonds. The highest BCUT2D eigenvalue weighted by molar-refractivity contribution is 7.92. The number of sulfonamides is 1. The molecule has 0 radical (unpaired) electrons. The summed E-state index contributed by atoms with van der Waals surface area (Å²) in [5.41, 5.74) is 0.517. The van der Waals surface area contributed by atoms with Crippen LogP contribution in [0.1, 0.15) is 38.5 Å². The molecule has 0 unspecified atom stereocenters. The fourth-order valence-corrected chi connectivity index (χ4v) is 4.82. The lowest BCUT2D eigenvalue weighted by molar-refractivity contribution is -0.121. The van der Waals surface area contributed by atoms with E-state index in [9.17, 15) is 13.2 Å². The molecular formula is C21H33N3O5S. The summed E-state index contributed by atoms with van der Waals surface area (Å²) in [6.45, 7) is 5.16. The van der Waals surface area contributed by atoms with E-state index in [4.69, 9.17) is 9.47 Å². The smallest absolute Gasteiger partial charge is 0.232 e. The number of nitrogens with zero attached hydrogens (tertiary/aromatic N) is 2. The number of nitrogens with one attached hydrogen (secondary N) is 1. The van der Waals surface area contributed by atoms with E-state index in [0.29, 0.717) is 49.8 Å². The maximum absolute atomic E-state index is 12.3. The van der Waals surface area contributed by atoms with Gasteiger partial charge in [0.25, 0.3) is 0 Å². The molecule has 0 bridgehead atoms. The summed E-state index contributed by atoms with van der Waals surface area (Å²) < 4.78 is 36.9. The number of rotatable bonds is 10. The van der Waals surface area contributed by atoms with E-state index in [1.165, 1.54) is 29.8 Å². The number of carbonyl (C=O) groups excluding carboxylic acids is 1. The van der Waals surface area contributed by atoms with Gasteiger partial charge >= 0.3 is 0 Å². The lowest BCUT2D eigenvalue weighted by atomic mass is 10.1. The van der Waals surface area contributed by atoms with Gasteiger partial charge in [-0.15, -0.1) is 0 Å². The normalized spacial score (nSPS) is 16.8. The Kier molecular flexibility index (Phi) is 8.21. The number of anilines is 1. The molecular weight excluding hydrogens is 406 g/mol. The van der Waals surface area contributed by atoms with Gasteiger partial charge in [0, 0.05) is 25.6 Å². The molecule has 1 fully saturated rings. The van der Waals surface area contributed by atoms with Gasteiger partial charge in [0.15, 0.2) is 11.5 Å². The molecule has 0 saturated carbocycles. The minimum atomic E-state index is -3.48. The number of hydrogen-bond acceptors (Lipinski definition) is 6. The number of piperidine rings is 1. The summed E-state index contributed by atoms with van der Waals surface area (Å²) in [5, 5.41) is 2.95. The van der Waals surface area contributed by atoms with Crippen LogP contribution in [0.4, 0.5) is 5.69 Å². The molecule has 8 nitrogen and oxygen atoms in total. The van der Waals surface area contributed by atoms with Gasteiger partial charge in [-0.1, -0.05) is 6.42 Å². The van der Waals surface area contributed by atoms with Crippen LogP contribution in [-0.2, 0) is 14.8 Å². The Hall–Kier alpha value is -2.00. The van der Waals surface area contributed by atoms with Crippen LogP contribution < -0.4 is 19.1 Å². The molecule has 9 heteroatoms. The highest BCUT2D eigenvalue weighted by atomic mass is 32.2. The van der Waals surface area contributed by atoms with E-state index >= 15 is 0 Å². The van der Waals surface area contributed by atoms with Crippen LogP contribution in [0.15, 0.2) is 18.2 Å². The Morgan fingerprint density at radius 1 is 1.10 bits per heavy atom. The largest absolute Gasteiger partial charge is 0.486 e. The van der Waals surface area contributed by atoms with Crippen LogP contribution in [0.5, 0.6) is 11.5 Å². The van der Waals surface area contributed by atoms with Crippen molar-refractivity contribution < 1.29 is 22.7 Å². The molecule has 1 saturated heterocycles. The quantitative estimate of drug-likeness (QED) is 0.561. The van der Waals surface area contributed by atoms with E-state index in [0.717, 1.165) is 26.1 Å². The van der Waals surface area contributed by atoms with Gasteiger partial charge in [-0.3, -0.25) is 9.10 Å². The van der Waals surface area contributed by atoms with Crippen LogP contribution in [0.25, 0.3) is 0 Å².